The lowest BCUT2D eigenvalue weighted by Gasteiger charge is -2.39. The van der Waals surface area contributed by atoms with Crippen LogP contribution in [0.3, 0.4) is 0 Å². The second kappa shape index (κ2) is 5.68. The number of carbonyl (C=O) groups excluding carboxylic acids is 1. The monoisotopic (exact) mass is 321 g/mol. The number of thiazole rings is 1. The van der Waals surface area contributed by atoms with E-state index in [2.05, 4.69) is 10.1 Å². The van der Waals surface area contributed by atoms with Gasteiger partial charge in [-0.15, -0.1) is 0 Å². The molecule has 7 nitrogen and oxygen atoms in total. The zero-order valence-electron chi connectivity index (χ0n) is 12.9. The maximum Gasteiger partial charge on any atom is 0.307 e. The highest BCUT2D eigenvalue weighted by molar-refractivity contribution is 7.07. The highest BCUT2D eigenvalue weighted by Gasteiger charge is 2.33. The molecule has 118 valence electrons. The standard InChI is InChI=1S/C14H19N5O2S/c1-9-8-22-14(21)18(9)5-4-13(20)17-6-12(7-17)19-11(3)15-10(2)16-19/h8,12H,4-7H2,1-3H3. The number of nitrogens with zero attached hydrogens (tertiary/aromatic N) is 5. The first-order valence-electron chi connectivity index (χ1n) is 7.28. The number of aryl methyl sites for hydroxylation is 3. The molecule has 0 N–H and O–H groups in total. The molecule has 0 atom stereocenters. The normalized spacial score (nSPS) is 15.1. The number of hydrogen-bond donors (Lipinski definition) is 0. The fourth-order valence-corrected chi connectivity index (χ4v) is 3.50. The summed E-state index contributed by atoms with van der Waals surface area (Å²) < 4.78 is 3.55. The van der Waals surface area contributed by atoms with E-state index in [1.807, 2.05) is 35.7 Å². The molecule has 1 fully saturated rings. The Balaban J connectivity index is 1.53. The Morgan fingerprint density at radius 2 is 2.09 bits per heavy atom. The second-order valence-corrected chi connectivity index (χ2v) is 6.47. The number of aromatic nitrogens is 4. The largest absolute Gasteiger partial charge is 0.338 e. The third-order valence-electron chi connectivity index (χ3n) is 3.99. The molecule has 0 unspecified atom stereocenters. The van der Waals surface area contributed by atoms with Crippen LogP contribution in [0.4, 0.5) is 0 Å². The summed E-state index contributed by atoms with van der Waals surface area (Å²) in [4.78, 5) is 29.9. The van der Waals surface area contributed by atoms with Gasteiger partial charge in [-0.25, -0.2) is 9.67 Å². The molecule has 8 heteroatoms. The van der Waals surface area contributed by atoms with Crippen molar-refractivity contribution < 1.29 is 4.79 Å². The third kappa shape index (κ3) is 2.70. The topological polar surface area (TPSA) is 73.0 Å². The number of hydrogen-bond acceptors (Lipinski definition) is 5. The van der Waals surface area contributed by atoms with Gasteiger partial charge in [0.05, 0.1) is 6.04 Å². The number of rotatable bonds is 4. The Morgan fingerprint density at radius 1 is 1.36 bits per heavy atom. The zero-order valence-corrected chi connectivity index (χ0v) is 13.8. The minimum Gasteiger partial charge on any atom is -0.338 e. The van der Waals surface area contributed by atoms with Crippen molar-refractivity contribution in [1.29, 1.82) is 0 Å². The summed E-state index contributed by atoms with van der Waals surface area (Å²) in [7, 11) is 0. The molecule has 2 aromatic rings. The van der Waals surface area contributed by atoms with E-state index in [1.54, 1.807) is 4.57 Å². The van der Waals surface area contributed by atoms with Crippen LogP contribution in [-0.4, -0.2) is 43.2 Å². The van der Waals surface area contributed by atoms with Gasteiger partial charge in [-0.1, -0.05) is 11.3 Å². The third-order valence-corrected chi connectivity index (χ3v) is 4.88. The van der Waals surface area contributed by atoms with Crippen molar-refractivity contribution in [2.75, 3.05) is 13.1 Å². The van der Waals surface area contributed by atoms with Crippen LogP contribution in [0.5, 0.6) is 0 Å². The van der Waals surface area contributed by atoms with Crippen molar-refractivity contribution in [3.8, 4) is 0 Å². The molecule has 0 aliphatic carbocycles. The highest BCUT2D eigenvalue weighted by atomic mass is 32.1. The van der Waals surface area contributed by atoms with Crippen molar-refractivity contribution in [2.24, 2.45) is 0 Å². The molecule has 0 radical (unpaired) electrons. The smallest absolute Gasteiger partial charge is 0.307 e. The van der Waals surface area contributed by atoms with E-state index in [0.29, 0.717) is 26.1 Å². The van der Waals surface area contributed by atoms with Gasteiger partial charge >= 0.3 is 4.87 Å². The predicted molar refractivity (Wildman–Crippen MR) is 83.0 cm³/mol. The Bertz CT molecular complexity index is 754. The van der Waals surface area contributed by atoms with Crippen LogP contribution in [0, 0.1) is 20.8 Å². The van der Waals surface area contributed by atoms with Crippen LogP contribution >= 0.6 is 11.3 Å². The van der Waals surface area contributed by atoms with Gasteiger partial charge in [0.2, 0.25) is 5.91 Å². The van der Waals surface area contributed by atoms with Gasteiger partial charge in [-0.3, -0.25) is 9.59 Å². The van der Waals surface area contributed by atoms with Gasteiger partial charge in [0, 0.05) is 37.1 Å². The van der Waals surface area contributed by atoms with Gasteiger partial charge < -0.3 is 9.47 Å². The molecule has 1 amide bonds. The van der Waals surface area contributed by atoms with Gasteiger partial charge in [0.15, 0.2) is 0 Å². The zero-order chi connectivity index (χ0) is 15.9. The maximum atomic E-state index is 12.2. The highest BCUT2D eigenvalue weighted by Crippen LogP contribution is 2.22. The van der Waals surface area contributed by atoms with Crippen LogP contribution in [0.15, 0.2) is 10.2 Å². The van der Waals surface area contributed by atoms with E-state index in [9.17, 15) is 9.59 Å². The first-order valence-corrected chi connectivity index (χ1v) is 8.16. The molecule has 22 heavy (non-hydrogen) atoms. The van der Waals surface area contributed by atoms with Crippen molar-refractivity contribution in [3.63, 3.8) is 0 Å². The Morgan fingerprint density at radius 3 is 2.64 bits per heavy atom. The lowest BCUT2D eigenvalue weighted by molar-refractivity contribution is -0.137. The Labute approximate surface area is 132 Å². The Kier molecular flexibility index (Phi) is 3.86. The van der Waals surface area contributed by atoms with E-state index < -0.39 is 0 Å². The van der Waals surface area contributed by atoms with Crippen LogP contribution in [0.25, 0.3) is 0 Å². The van der Waals surface area contributed by atoms with Gasteiger partial charge in [0.1, 0.15) is 11.6 Å². The van der Waals surface area contributed by atoms with Gasteiger partial charge in [-0.05, 0) is 20.8 Å². The van der Waals surface area contributed by atoms with Crippen molar-refractivity contribution >= 4 is 17.2 Å². The summed E-state index contributed by atoms with van der Waals surface area (Å²) >= 11 is 1.18. The SMILES string of the molecule is Cc1nc(C)n(C2CN(C(=O)CCn3c(C)csc3=O)C2)n1. The fourth-order valence-electron chi connectivity index (χ4n) is 2.74. The molecule has 2 aromatic heterocycles. The maximum absolute atomic E-state index is 12.2. The molecule has 0 spiro atoms. The summed E-state index contributed by atoms with van der Waals surface area (Å²) in [5, 5.41) is 6.18. The molecule has 3 rings (SSSR count). The quantitative estimate of drug-likeness (QED) is 0.839. The van der Waals surface area contributed by atoms with E-state index in [0.717, 1.165) is 17.3 Å². The van der Waals surface area contributed by atoms with Gasteiger partial charge in [0.25, 0.3) is 0 Å². The average Bonchev–Trinajstić information content (AvgIpc) is 2.89. The van der Waals surface area contributed by atoms with Gasteiger partial charge in [-0.2, -0.15) is 5.10 Å². The molecular formula is C14H19N5O2S. The molecular weight excluding hydrogens is 302 g/mol. The van der Waals surface area contributed by atoms with Crippen molar-refractivity contribution in [1.82, 2.24) is 24.2 Å². The van der Waals surface area contributed by atoms with E-state index >= 15 is 0 Å². The second-order valence-electron chi connectivity index (χ2n) is 5.65. The summed E-state index contributed by atoms with van der Waals surface area (Å²) in [6, 6.07) is 0.218. The van der Waals surface area contributed by atoms with Crippen LogP contribution in [0.2, 0.25) is 0 Å². The summed E-state index contributed by atoms with van der Waals surface area (Å²) in [5.74, 6) is 1.73. The first kappa shape index (κ1) is 15.0. The fraction of sp³-hybridized carbons (Fsp3) is 0.571. The van der Waals surface area contributed by atoms with Crippen LogP contribution in [-0.2, 0) is 11.3 Å². The lowest BCUT2D eigenvalue weighted by Crippen LogP contribution is -2.51. The lowest BCUT2D eigenvalue weighted by atomic mass is 10.1. The molecule has 3 heterocycles. The van der Waals surface area contributed by atoms with Crippen LogP contribution < -0.4 is 4.87 Å². The van der Waals surface area contributed by atoms with Crippen molar-refractivity contribution in [3.05, 3.63) is 32.4 Å². The van der Waals surface area contributed by atoms with E-state index in [-0.39, 0.29) is 16.8 Å². The molecule has 1 aliphatic heterocycles. The predicted octanol–water partition coefficient (Wildman–Crippen LogP) is 0.900. The van der Waals surface area contributed by atoms with Crippen LogP contribution in [0.1, 0.15) is 29.8 Å². The summed E-state index contributed by atoms with van der Waals surface area (Å²) in [6.45, 7) is 7.47. The molecule has 1 aliphatic rings. The number of carbonyl (C=O) groups is 1. The summed E-state index contributed by atoms with van der Waals surface area (Å²) in [6.07, 6.45) is 0.361. The van der Waals surface area contributed by atoms with Crippen molar-refractivity contribution in [2.45, 2.75) is 39.8 Å². The average molecular weight is 321 g/mol. The first-order chi connectivity index (χ1) is 10.5. The molecule has 0 aromatic carbocycles. The van der Waals surface area contributed by atoms with E-state index in [1.165, 1.54) is 11.3 Å². The number of amides is 1. The van der Waals surface area contributed by atoms with E-state index in [4.69, 9.17) is 0 Å². The molecule has 0 bridgehead atoms. The minimum atomic E-state index is 0.000464. The molecule has 1 saturated heterocycles. The summed E-state index contributed by atoms with van der Waals surface area (Å²) in [5.41, 5.74) is 0.915. The molecule has 0 saturated carbocycles. The Hall–Kier alpha value is -1.96. The minimum absolute atomic E-state index is 0.000464. The number of likely N-dealkylation sites (tertiary alicyclic amines) is 1.